The lowest BCUT2D eigenvalue weighted by atomic mass is 9.79. The third kappa shape index (κ3) is 4.05. The van der Waals surface area contributed by atoms with Gasteiger partial charge in [-0.15, -0.1) is 0 Å². The van der Waals surface area contributed by atoms with Crippen molar-refractivity contribution < 1.29 is 0 Å². The van der Waals surface area contributed by atoms with Crippen molar-refractivity contribution in [1.82, 2.24) is 0 Å². The van der Waals surface area contributed by atoms with Crippen molar-refractivity contribution in [3.05, 3.63) is 59.7 Å². The van der Waals surface area contributed by atoms with Crippen LogP contribution >= 0.6 is 0 Å². The van der Waals surface area contributed by atoms with Crippen molar-refractivity contribution in [2.24, 2.45) is 11.8 Å². The number of hydrogen-bond donors (Lipinski definition) is 0. The maximum absolute atomic E-state index is 2.40. The van der Waals surface area contributed by atoms with Gasteiger partial charge in [-0.05, 0) is 71.6 Å². The Morgan fingerprint density at radius 1 is 0.462 bits per heavy atom. The van der Waals surface area contributed by atoms with Gasteiger partial charge >= 0.3 is 0 Å². The SMILES string of the molecule is C[C@H]1CC[C@H](c2ccc(-c3ccc([C@H]4CC[C@H](C)CC4)cc3)cc2)CC1. The van der Waals surface area contributed by atoms with E-state index >= 15 is 0 Å². The maximum atomic E-state index is 2.40. The van der Waals surface area contributed by atoms with Gasteiger partial charge in [-0.3, -0.25) is 0 Å². The first kappa shape index (κ1) is 17.8. The van der Waals surface area contributed by atoms with E-state index in [4.69, 9.17) is 0 Å². The van der Waals surface area contributed by atoms with Crippen molar-refractivity contribution in [2.45, 2.75) is 77.0 Å². The van der Waals surface area contributed by atoms with Crippen LogP contribution < -0.4 is 0 Å². The molecule has 2 aromatic rings. The van der Waals surface area contributed by atoms with Gasteiger partial charge in [0.05, 0.1) is 0 Å². The summed E-state index contributed by atoms with van der Waals surface area (Å²) in [7, 11) is 0. The minimum atomic E-state index is 0.788. The molecule has 0 nitrogen and oxygen atoms in total. The Kier molecular flexibility index (Phi) is 5.48. The molecule has 0 atom stereocenters. The van der Waals surface area contributed by atoms with Gasteiger partial charge in [-0.2, -0.15) is 0 Å². The monoisotopic (exact) mass is 346 g/mol. The quantitative estimate of drug-likeness (QED) is 0.529. The van der Waals surface area contributed by atoms with Crippen LogP contribution in [0.2, 0.25) is 0 Å². The largest absolute Gasteiger partial charge is 0.0625 e. The molecule has 0 aliphatic heterocycles. The minimum Gasteiger partial charge on any atom is -0.0625 e. The van der Waals surface area contributed by atoms with E-state index in [1.54, 1.807) is 11.1 Å². The molecule has 138 valence electrons. The second-order valence-corrected chi connectivity index (χ2v) is 9.16. The van der Waals surface area contributed by atoms with E-state index < -0.39 is 0 Å². The van der Waals surface area contributed by atoms with E-state index in [-0.39, 0.29) is 0 Å². The average molecular weight is 347 g/mol. The summed E-state index contributed by atoms with van der Waals surface area (Å²) in [6.07, 6.45) is 11.1. The van der Waals surface area contributed by atoms with Crippen LogP contribution in [0.15, 0.2) is 48.5 Å². The lowest BCUT2D eigenvalue weighted by Crippen LogP contribution is -2.10. The predicted molar refractivity (Wildman–Crippen MR) is 113 cm³/mol. The van der Waals surface area contributed by atoms with Gasteiger partial charge < -0.3 is 0 Å². The molecule has 0 unspecified atom stereocenters. The zero-order valence-electron chi connectivity index (χ0n) is 16.6. The van der Waals surface area contributed by atoms with E-state index in [0.717, 1.165) is 23.7 Å². The topological polar surface area (TPSA) is 0 Å². The van der Waals surface area contributed by atoms with E-state index in [1.165, 1.54) is 62.5 Å². The van der Waals surface area contributed by atoms with E-state index in [1.807, 2.05) is 0 Å². The molecule has 0 bridgehead atoms. The molecule has 4 rings (SSSR count). The average Bonchev–Trinajstić information content (AvgIpc) is 2.70. The molecule has 2 aliphatic carbocycles. The normalized spacial score (nSPS) is 29.5. The van der Waals surface area contributed by atoms with Gasteiger partial charge in [-0.25, -0.2) is 0 Å². The van der Waals surface area contributed by atoms with Crippen LogP contribution in [0.4, 0.5) is 0 Å². The maximum Gasteiger partial charge on any atom is -0.0162 e. The van der Waals surface area contributed by atoms with Gasteiger partial charge in [0.1, 0.15) is 0 Å². The molecule has 0 spiro atoms. The summed E-state index contributed by atoms with van der Waals surface area (Å²) in [5.74, 6) is 3.43. The standard InChI is InChI=1S/C26H34/c1-19-3-7-21(8-4-19)23-11-15-25(16-12-23)26-17-13-24(14-18-26)22-9-5-20(2)6-10-22/h11-22H,3-10H2,1-2H3/t19-,20-,21-,22-. The Morgan fingerprint density at radius 2 is 0.769 bits per heavy atom. The van der Waals surface area contributed by atoms with Crippen molar-refractivity contribution in [3.63, 3.8) is 0 Å². The first-order valence-corrected chi connectivity index (χ1v) is 10.9. The molecule has 2 aliphatic rings. The van der Waals surface area contributed by atoms with Gasteiger partial charge in [-0.1, -0.05) is 88.1 Å². The fraction of sp³-hybridized carbons (Fsp3) is 0.538. The van der Waals surface area contributed by atoms with Crippen LogP contribution in [0, 0.1) is 11.8 Å². The van der Waals surface area contributed by atoms with Crippen LogP contribution in [0.1, 0.15) is 88.2 Å². The highest BCUT2D eigenvalue weighted by atomic mass is 14.3. The Morgan fingerprint density at radius 3 is 1.08 bits per heavy atom. The van der Waals surface area contributed by atoms with Crippen LogP contribution in [-0.2, 0) is 0 Å². The zero-order chi connectivity index (χ0) is 17.9. The minimum absolute atomic E-state index is 0.788. The van der Waals surface area contributed by atoms with E-state index in [0.29, 0.717) is 0 Å². The second-order valence-electron chi connectivity index (χ2n) is 9.16. The Labute approximate surface area is 160 Å². The molecule has 0 amide bonds. The first-order valence-electron chi connectivity index (χ1n) is 10.9. The lowest BCUT2D eigenvalue weighted by Gasteiger charge is -2.27. The summed E-state index contributed by atoms with van der Waals surface area (Å²) in [5, 5.41) is 0. The zero-order valence-corrected chi connectivity index (χ0v) is 16.6. The molecule has 2 saturated carbocycles. The second kappa shape index (κ2) is 7.99. The van der Waals surface area contributed by atoms with Gasteiger partial charge in [0.2, 0.25) is 0 Å². The van der Waals surface area contributed by atoms with Crippen LogP contribution in [0.3, 0.4) is 0 Å². The molecular weight excluding hydrogens is 312 g/mol. The summed E-state index contributed by atoms with van der Waals surface area (Å²) < 4.78 is 0. The Balaban J connectivity index is 1.42. The van der Waals surface area contributed by atoms with Crippen molar-refractivity contribution >= 4 is 0 Å². The molecule has 0 N–H and O–H groups in total. The van der Waals surface area contributed by atoms with Gasteiger partial charge in [0, 0.05) is 0 Å². The van der Waals surface area contributed by atoms with Crippen molar-refractivity contribution in [1.29, 1.82) is 0 Å². The van der Waals surface area contributed by atoms with Crippen LogP contribution in [-0.4, -0.2) is 0 Å². The highest BCUT2D eigenvalue weighted by Gasteiger charge is 2.20. The summed E-state index contributed by atoms with van der Waals surface area (Å²) in [6.45, 7) is 4.80. The van der Waals surface area contributed by atoms with Crippen LogP contribution in [0.25, 0.3) is 11.1 Å². The van der Waals surface area contributed by atoms with E-state index in [2.05, 4.69) is 62.4 Å². The van der Waals surface area contributed by atoms with Gasteiger partial charge in [0.15, 0.2) is 0 Å². The molecule has 2 fully saturated rings. The first-order chi connectivity index (χ1) is 12.7. The molecule has 26 heavy (non-hydrogen) atoms. The van der Waals surface area contributed by atoms with Crippen molar-refractivity contribution in [2.75, 3.05) is 0 Å². The Bertz CT molecular complexity index is 614. The molecular formula is C26H34. The number of hydrogen-bond acceptors (Lipinski definition) is 0. The molecule has 2 aromatic carbocycles. The van der Waals surface area contributed by atoms with Gasteiger partial charge in [0.25, 0.3) is 0 Å². The third-order valence-electron chi connectivity index (χ3n) is 7.13. The molecule has 0 saturated heterocycles. The summed E-state index contributed by atoms with van der Waals surface area (Å²) in [4.78, 5) is 0. The fourth-order valence-electron chi connectivity index (χ4n) is 5.08. The molecule has 0 aromatic heterocycles. The summed E-state index contributed by atoms with van der Waals surface area (Å²) >= 11 is 0. The van der Waals surface area contributed by atoms with Crippen molar-refractivity contribution in [3.8, 4) is 11.1 Å². The van der Waals surface area contributed by atoms with Crippen LogP contribution in [0.5, 0.6) is 0 Å². The Hall–Kier alpha value is -1.56. The third-order valence-corrected chi connectivity index (χ3v) is 7.13. The smallest absolute Gasteiger partial charge is 0.0162 e. The predicted octanol–water partition coefficient (Wildman–Crippen LogP) is 7.94. The summed E-state index contributed by atoms with van der Waals surface area (Å²) in [5.41, 5.74) is 5.82. The fourth-order valence-corrected chi connectivity index (χ4v) is 5.08. The highest BCUT2D eigenvalue weighted by molar-refractivity contribution is 5.64. The number of benzene rings is 2. The highest BCUT2D eigenvalue weighted by Crippen LogP contribution is 2.37. The number of rotatable bonds is 3. The molecule has 0 heterocycles. The summed E-state index contributed by atoms with van der Waals surface area (Å²) in [6, 6.07) is 18.9. The van der Waals surface area contributed by atoms with E-state index in [9.17, 15) is 0 Å². The molecule has 0 heteroatoms. The molecule has 0 radical (unpaired) electrons. The lowest BCUT2D eigenvalue weighted by molar-refractivity contribution is 0.348.